The van der Waals surface area contributed by atoms with Gasteiger partial charge in [-0.05, 0) is 56.2 Å². The Morgan fingerprint density at radius 3 is 2.96 bits per heavy atom. The van der Waals surface area contributed by atoms with Gasteiger partial charge in [0.25, 0.3) is 0 Å². The number of amides is 1. The Balaban J connectivity index is 1.25. The predicted octanol–water partition coefficient (Wildman–Crippen LogP) is 1.08. The molecule has 7 heteroatoms. The minimum absolute atomic E-state index is 0.0449. The molecule has 0 radical (unpaired) electrons. The van der Waals surface area contributed by atoms with Crippen LogP contribution in [0.4, 0.5) is 0 Å². The summed E-state index contributed by atoms with van der Waals surface area (Å²) in [5.74, 6) is 2.22. The predicted molar refractivity (Wildman–Crippen MR) is 94.8 cm³/mol. The van der Waals surface area contributed by atoms with Gasteiger partial charge in [0.1, 0.15) is 17.6 Å². The lowest BCUT2D eigenvalue weighted by Gasteiger charge is -2.40. The van der Waals surface area contributed by atoms with Crippen molar-refractivity contribution in [2.75, 3.05) is 26.2 Å². The quantitative estimate of drug-likeness (QED) is 0.800. The van der Waals surface area contributed by atoms with Crippen molar-refractivity contribution in [3.05, 3.63) is 23.8 Å². The van der Waals surface area contributed by atoms with Gasteiger partial charge in [-0.3, -0.25) is 4.79 Å². The maximum absolute atomic E-state index is 12.3. The van der Waals surface area contributed by atoms with Crippen LogP contribution in [-0.4, -0.2) is 55.2 Å². The van der Waals surface area contributed by atoms with Crippen LogP contribution in [0.5, 0.6) is 11.5 Å². The highest BCUT2D eigenvalue weighted by Gasteiger charge is 2.33. The summed E-state index contributed by atoms with van der Waals surface area (Å²) in [5.41, 5.74) is 1.10. The van der Waals surface area contributed by atoms with Crippen LogP contribution in [0.15, 0.2) is 18.2 Å². The number of rotatable bonds is 4. The lowest BCUT2D eigenvalue weighted by molar-refractivity contribution is -0.141. The van der Waals surface area contributed by atoms with Crippen molar-refractivity contribution < 1.29 is 19.2 Å². The maximum Gasteiger partial charge on any atom is 0.522 e. The van der Waals surface area contributed by atoms with Gasteiger partial charge in [0.05, 0.1) is 13.1 Å². The molecule has 3 heterocycles. The van der Waals surface area contributed by atoms with Crippen LogP contribution in [0.25, 0.3) is 0 Å². The van der Waals surface area contributed by atoms with E-state index in [0.29, 0.717) is 37.5 Å². The molecule has 2 N–H and O–H groups in total. The minimum Gasteiger partial charge on any atom is -0.536 e. The smallest absolute Gasteiger partial charge is 0.522 e. The Morgan fingerprint density at radius 1 is 1.36 bits per heavy atom. The molecule has 1 amide bonds. The number of ether oxygens (including phenoxy) is 1. The zero-order valence-electron chi connectivity index (χ0n) is 14.4. The van der Waals surface area contributed by atoms with Crippen LogP contribution >= 0.6 is 0 Å². The third kappa shape index (κ3) is 3.93. The summed E-state index contributed by atoms with van der Waals surface area (Å²) in [6.07, 6.45) is 4.35. The molecule has 4 rings (SSSR count). The van der Waals surface area contributed by atoms with Crippen molar-refractivity contribution in [3.8, 4) is 11.5 Å². The normalized spacial score (nSPS) is 21.3. The van der Waals surface area contributed by atoms with Crippen molar-refractivity contribution in [2.24, 2.45) is 5.92 Å². The maximum atomic E-state index is 12.3. The first kappa shape index (κ1) is 16.7. The van der Waals surface area contributed by atoms with Crippen LogP contribution in [-0.2, 0) is 11.2 Å². The third-order valence-corrected chi connectivity index (χ3v) is 5.39. The van der Waals surface area contributed by atoms with Crippen molar-refractivity contribution in [2.45, 2.75) is 38.1 Å². The molecule has 25 heavy (non-hydrogen) atoms. The molecule has 0 unspecified atom stereocenters. The molecular weight excluding hydrogens is 319 g/mol. The van der Waals surface area contributed by atoms with E-state index in [1.807, 2.05) is 23.1 Å². The molecule has 6 nitrogen and oxygen atoms in total. The highest BCUT2D eigenvalue weighted by molar-refractivity contribution is 6.44. The van der Waals surface area contributed by atoms with Crippen LogP contribution in [0.2, 0.25) is 6.32 Å². The Morgan fingerprint density at radius 2 is 2.16 bits per heavy atom. The van der Waals surface area contributed by atoms with E-state index < -0.39 is 7.12 Å². The fourth-order valence-corrected chi connectivity index (χ4v) is 3.78. The Labute approximate surface area is 148 Å². The summed E-state index contributed by atoms with van der Waals surface area (Å²) in [4.78, 5) is 14.2. The highest BCUT2D eigenvalue weighted by atomic mass is 16.5. The summed E-state index contributed by atoms with van der Waals surface area (Å²) >= 11 is 0. The van der Waals surface area contributed by atoms with Crippen molar-refractivity contribution in [1.82, 2.24) is 10.2 Å². The number of nitrogens with zero attached hydrogens (tertiary/aromatic N) is 1. The number of aryl methyl sites for hydroxylation is 1. The average Bonchev–Trinajstić information content (AvgIpc) is 2.58. The number of carbonyl (C=O) groups is 1. The molecule has 0 aliphatic carbocycles. The molecule has 1 aromatic carbocycles. The van der Waals surface area contributed by atoms with E-state index in [1.165, 1.54) is 0 Å². The van der Waals surface area contributed by atoms with E-state index in [9.17, 15) is 9.82 Å². The zero-order valence-corrected chi connectivity index (χ0v) is 14.4. The second kappa shape index (κ2) is 7.26. The number of nitrogens with one attached hydrogen (secondary N) is 1. The van der Waals surface area contributed by atoms with E-state index in [0.717, 1.165) is 43.7 Å². The second-order valence-electron chi connectivity index (χ2n) is 7.32. The highest BCUT2D eigenvalue weighted by Crippen LogP contribution is 2.31. The number of likely N-dealkylation sites (tertiary alicyclic amines) is 1. The Kier molecular flexibility index (Phi) is 4.86. The van der Waals surface area contributed by atoms with Gasteiger partial charge in [-0.15, -0.1) is 0 Å². The number of carbonyl (C=O) groups excluding carboxylic acids is 1. The van der Waals surface area contributed by atoms with E-state index in [4.69, 9.17) is 9.39 Å². The molecular formula is C18H25BN2O4. The van der Waals surface area contributed by atoms with E-state index in [2.05, 4.69) is 5.32 Å². The molecule has 134 valence electrons. The molecule has 3 aliphatic heterocycles. The largest absolute Gasteiger partial charge is 0.536 e. The SMILES string of the molecule is O=C(CC1CCNCC1)N1CC(Oc2ccc3c(c2)OB(O)CC3)C1. The Bertz CT molecular complexity index is 630. The van der Waals surface area contributed by atoms with Crippen LogP contribution in [0, 0.1) is 5.92 Å². The van der Waals surface area contributed by atoms with Gasteiger partial charge >= 0.3 is 7.12 Å². The van der Waals surface area contributed by atoms with Gasteiger partial charge in [-0.2, -0.15) is 0 Å². The van der Waals surface area contributed by atoms with Crippen molar-refractivity contribution in [3.63, 3.8) is 0 Å². The van der Waals surface area contributed by atoms with E-state index in [1.54, 1.807) is 0 Å². The monoisotopic (exact) mass is 344 g/mol. The van der Waals surface area contributed by atoms with Crippen molar-refractivity contribution in [1.29, 1.82) is 0 Å². The summed E-state index contributed by atoms with van der Waals surface area (Å²) in [5, 5.41) is 12.9. The van der Waals surface area contributed by atoms with Gasteiger partial charge in [0, 0.05) is 12.5 Å². The molecule has 2 saturated heterocycles. The fraction of sp³-hybridized carbons (Fsp3) is 0.611. The van der Waals surface area contributed by atoms with Crippen molar-refractivity contribution >= 4 is 13.0 Å². The van der Waals surface area contributed by atoms with Crippen LogP contribution < -0.4 is 14.7 Å². The van der Waals surface area contributed by atoms with Gasteiger partial charge in [-0.1, -0.05) is 6.07 Å². The van der Waals surface area contributed by atoms with E-state index >= 15 is 0 Å². The number of fused-ring (bicyclic) bond motifs is 1. The third-order valence-electron chi connectivity index (χ3n) is 5.39. The van der Waals surface area contributed by atoms with Crippen LogP contribution in [0.3, 0.4) is 0 Å². The topological polar surface area (TPSA) is 71.0 Å². The molecule has 0 atom stereocenters. The summed E-state index contributed by atoms with van der Waals surface area (Å²) in [6.45, 7) is 3.37. The number of hydrogen-bond donors (Lipinski definition) is 2. The molecule has 0 spiro atoms. The van der Waals surface area contributed by atoms with Gasteiger partial charge < -0.3 is 24.6 Å². The lowest BCUT2D eigenvalue weighted by Crippen LogP contribution is -2.56. The summed E-state index contributed by atoms with van der Waals surface area (Å²) < 4.78 is 11.4. The summed E-state index contributed by atoms with van der Waals surface area (Å²) in [6, 6.07) is 5.78. The Hall–Kier alpha value is -1.73. The molecule has 3 aliphatic rings. The molecule has 1 aromatic rings. The van der Waals surface area contributed by atoms with Gasteiger partial charge in [0.2, 0.25) is 5.91 Å². The standard InChI is InChI=1S/C18H25BN2O4/c22-18(9-13-4-7-20-8-5-13)21-11-16(12-21)24-15-2-1-14-3-6-19(23)25-17(14)10-15/h1-2,10,13,16,20,23H,3-9,11-12H2. The zero-order chi connectivity index (χ0) is 17.2. The summed E-state index contributed by atoms with van der Waals surface area (Å²) in [7, 11) is -0.727. The molecule has 0 aromatic heterocycles. The van der Waals surface area contributed by atoms with Gasteiger partial charge in [0.15, 0.2) is 0 Å². The van der Waals surface area contributed by atoms with E-state index in [-0.39, 0.29) is 12.0 Å². The first-order valence-corrected chi connectivity index (χ1v) is 9.30. The molecule has 0 saturated carbocycles. The average molecular weight is 344 g/mol. The molecule has 0 bridgehead atoms. The number of piperidine rings is 1. The molecule has 2 fully saturated rings. The number of hydrogen-bond acceptors (Lipinski definition) is 5. The van der Waals surface area contributed by atoms with Gasteiger partial charge in [-0.25, -0.2) is 0 Å². The number of benzene rings is 1. The first-order chi connectivity index (χ1) is 12.2. The van der Waals surface area contributed by atoms with Crippen LogP contribution in [0.1, 0.15) is 24.8 Å². The lowest BCUT2D eigenvalue weighted by atomic mass is 9.79. The second-order valence-corrected chi connectivity index (χ2v) is 7.32. The minimum atomic E-state index is -0.727. The fourth-order valence-electron chi connectivity index (χ4n) is 3.78. The first-order valence-electron chi connectivity index (χ1n) is 9.30.